The number of carbonyl (C=O) groups is 1. The number of ether oxygens (including phenoxy) is 2. The molecule has 4 rings (SSSR count). The molecule has 3 fully saturated rings. The van der Waals surface area contributed by atoms with Crippen LogP contribution in [-0.2, 0) is 20.8 Å². The second-order valence-electron chi connectivity index (χ2n) is 9.08. The number of amides is 1. The summed E-state index contributed by atoms with van der Waals surface area (Å²) in [5.41, 5.74) is 2.19. The molecule has 0 aromatic heterocycles. The van der Waals surface area contributed by atoms with Gasteiger partial charge in [0.15, 0.2) is 5.96 Å². The summed E-state index contributed by atoms with van der Waals surface area (Å²) >= 11 is 0. The number of aliphatic imine (C=N–C) groups is 1. The Kier molecular flexibility index (Phi) is 10.7. The first-order valence-electron chi connectivity index (χ1n) is 12.3. The number of piperidine rings is 2. The number of halogens is 1. The van der Waals surface area contributed by atoms with Gasteiger partial charge in [0.05, 0.1) is 18.8 Å². The van der Waals surface area contributed by atoms with E-state index in [4.69, 9.17) is 9.47 Å². The third kappa shape index (κ3) is 7.55. The Bertz CT molecular complexity index is 759. The maximum atomic E-state index is 12.1. The summed E-state index contributed by atoms with van der Waals surface area (Å²) < 4.78 is 11.9. The summed E-state index contributed by atoms with van der Waals surface area (Å²) in [7, 11) is 1.84. The number of rotatable bonds is 6. The number of carbonyl (C=O) groups excluding carboxylic acids is 1. The highest BCUT2D eigenvalue weighted by Gasteiger charge is 2.24. The number of likely N-dealkylation sites (tertiary alicyclic amines) is 1. The molecule has 0 saturated carbocycles. The van der Waals surface area contributed by atoms with Gasteiger partial charge < -0.3 is 24.6 Å². The zero-order valence-corrected chi connectivity index (χ0v) is 22.2. The molecule has 1 unspecified atom stereocenters. The Labute approximate surface area is 215 Å². The van der Waals surface area contributed by atoms with Gasteiger partial charge in [0.25, 0.3) is 0 Å². The SMILES string of the molecule is CN=C(NCc1ccc(N2CCCCC2=O)cc1)N1CCC(OCC2CCCCO2)CC1.I. The topological polar surface area (TPSA) is 66.4 Å². The van der Waals surface area contributed by atoms with Gasteiger partial charge in [-0.15, -0.1) is 24.0 Å². The van der Waals surface area contributed by atoms with Crippen molar-refractivity contribution >= 4 is 41.5 Å². The molecule has 3 heterocycles. The predicted molar refractivity (Wildman–Crippen MR) is 142 cm³/mol. The van der Waals surface area contributed by atoms with Gasteiger partial charge in [-0.05, 0) is 62.6 Å². The molecule has 0 bridgehead atoms. The summed E-state index contributed by atoms with van der Waals surface area (Å²) in [6, 6.07) is 8.32. The van der Waals surface area contributed by atoms with E-state index < -0.39 is 0 Å². The lowest BCUT2D eigenvalue weighted by molar-refractivity contribution is -0.119. The van der Waals surface area contributed by atoms with E-state index in [1.165, 1.54) is 18.4 Å². The molecule has 0 spiro atoms. The lowest BCUT2D eigenvalue weighted by Crippen LogP contribution is -2.47. The molecule has 3 saturated heterocycles. The maximum Gasteiger partial charge on any atom is 0.226 e. The molecule has 8 heteroatoms. The molecule has 1 aromatic rings. The Morgan fingerprint density at radius 3 is 2.55 bits per heavy atom. The highest BCUT2D eigenvalue weighted by Crippen LogP contribution is 2.22. The Balaban J connectivity index is 0.00000306. The minimum absolute atomic E-state index is 0. The molecule has 33 heavy (non-hydrogen) atoms. The van der Waals surface area contributed by atoms with Crippen molar-refractivity contribution in [3.63, 3.8) is 0 Å². The first-order chi connectivity index (χ1) is 15.7. The summed E-state index contributed by atoms with van der Waals surface area (Å²) in [6.07, 6.45) is 8.97. The number of nitrogens with one attached hydrogen (secondary N) is 1. The van der Waals surface area contributed by atoms with Crippen LogP contribution >= 0.6 is 24.0 Å². The van der Waals surface area contributed by atoms with Crippen molar-refractivity contribution in [2.45, 2.75) is 70.1 Å². The number of anilines is 1. The number of hydrogen-bond donors (Lipinski definition) is 1. The highest BCUT2D eigenvalue weighted by molar-refractivity contribution is 14.0. The molecule has 3 aliphatic rings. The van der Waals surface area contributed by atoms with Crippen LogP contribution in [0.15, 0.2) is 29.3 Å². The van der Waals surface area contributed by atoms with E-state index in [0.29, 0.717) is 12.5 Å². The standard InChI is InChI=1S/C25H38N4O3.HI/c1-26-25(28-15-12-22(13-16-28)32-19-23-6-3-5-17-31-23)27-18-20-8-10-21(11-9-20)29-14-4-2-7-24(29)30;/h8-11,22-23H,2-7,12-19H2,1H3,(H,26,27);1H. The van der Waals surface area contributed by atoms with E-state index in [1.54, 1.807) is 0 Å². The summed E-state index contributed by atoms with van der Waals surface area (Å²) in [5, 5.41) is 3.50. The third-order valence-corrected chi connectivity index (χ3v) is 6.77. The fourth-order valence-electron chi connectivity index (χ4n) is 4.80. The lowest BCUT2D eigenvalue weighted by Gasteiger charge is -2.35. The largest absolute Gasteiger partial charge is 0.376 e. The number of hydrogen-bond acceptors (Lipinski definition) is 4. The van der Waals surface area contributed by atoms with Crippen LogP contribution in [0.25, 0.3) is 0 Å². The van der Waals surface area contributed by atoms with Crippen molar-refractivity contribution in [1.29, 1.82) is 0 Å². The molecule has 3 aliphatic heterocycles. The van der Waals surface area contributed by atoms with Crippen molar-refractivity contribution in [2.75, 3.05) is 44.8 Å². The van der Waals surface area contributed by atoms with Crippen LogP contribution in [-0.4, -0.2) is 68.9 Å². The molecule has 1 N–H and O–H groups in total. The van der Waals surface area contributed by atoms with Crippen LogP contribution in [0.5, 0.6) is 0 Å². The van der Waals surface area contributed by atoms with Crippen molar-refractivity contribution in [3.05, 3.63) is 29.8 Å². The summed E-state index contributed by atoms with van der Waals surface area (Å²) in [5.74, 6) is 1.18. The fourth-order valence-corrected chi connectivity index (χ4v) is 4.80. The van der Waals surface area contributed by atoms with Gasteiger partial charge in [-0.25, -0.2) is 0 Å². The molecular formula is C25H39IN4O3. The van der Waals surface area contributed by atoms with Gasteiger partial charge in [0.1, 0.15) is 0 Å². The van der Waals surface area contributed by atoms with Gasteiger partial charge in [-0.3, -0.25) is 9.79 Å². The van der Waals surface area contributed by atoms with Crippen molar-refractivity contribution < 1.29 is 14.3 Å². The first-order valence-corrected chi connectivity index (χ1v) is 12.3. The first kappa shape index (κ1) is 26.2. The molecule has 7 nitrogen and oxygen atoms in total. The fraction of sp³-hybridized carbons (Fsp3) is 0.680. The van der Waals surface area contributed by atoms with Crippen LogP contribution in [0.1, 0.15) is 56.9 Å². The monoisotopic (exact) mass is 570 g/mol. The normalized spacial score (nSPS) is 22.8. The Morgan fingerprint density at radius 2 is 1.88 bits per heavy atom. The Hall–Kier alpha value is -1.39. The van der Waals surface area contributed by atoms with Gasteiger partial charge in [0.2, 0.25) is 5.91 Å². The average Bonchev–Trinajstić information content (AvgIpc) is 2.85. The average molecular weight is 571 g/mol. The van der Waals surface area contributed by atoms with E-state index in [0.717, 1.165) is 83.1 Å². The van der Waals surface area contributed by atoms with Crippen molar-refractivity contribution in [1.82, 2.24) is 10.2 Å². The molecule has 0 radical (unpaired) electrons. The van der Waals surface area contributed by atoms with Gasteiger partial charge in [-0.2, -0.15) is 0 Å². The van der Waals surface area contributed by atoms with Crippen molar-refractivity contribution in [2.24, 2.45) is 4.99 Å². The molecule has 184 valence electrons. The Morgan fingerprint density at radius 1 is 1.09 bits per heavy atom. The maximum absolute atomic E-state index is 12.1. The number of guanidine groups is 1. The number of nitrogens with zero attached hydrogens (tertiary/aromatic N) is 3. The third-order valence-electron chi connectivity index (χ3n) is 6.77. The molecule has 1 atom stereocenters. The lowest BCUT2D eigenvalue weighted by atomic mass is 10.1. The second-order valence-corrected chi connectivity index (χ2v) is 9.08. The summed E-state index contributed by atoms with van der Waals surface area (Å²) in [4.78, 5) is 20.8. The van der Waals surface area contributed by atoms with E-state index in [1.807, 2.05) is 11.9 Å². The summed E-state index contributed by atoms with van der Waals surface area (Å²) in [6.45, 7) is 5.06. The van der Waals surface area contributed by atoms with Crippen molar-refractivity contribution in [3.8, 4) is 0 Å². The molecule has 1 aromatic carbocycles. The van der Waals surface area contributed by atoms with E-state index in [2.05, 4.69) is 39.5 Å². The predicted octanol–water partition coefficient (Wildman–Crippen LogP) is 3.95. The van der Waals surface area contributed by atoms with Gasteiger partial charge >= 0.3 is 0 Å². The quantitative estimate of drug-likeness (QED) is 0.319. The van der Waals surface area contributed by atoms with Gasteiger partial charge in [-0.1, -0.05) is 12.1 Å². The van der Waals surface area contributed by atoms with E-state index in [-0.39, 0.29) is 36.0 Å². The van der Waals surface area contributed by atoms with Crippen LogP contribution in [0.3, 0.4) is 0 Å². The van der Waals surface area contributed by atoms with Crippen LogP contribution < -0.4 is 10.2 Å². The van der Waals surface area contributed by atoms with E-state index in [9.17, 15) is 4.79 Å². The van der Waals surface area contributed by atoms with Crippen LogP contribution in [0.2, 0.25) is 0 Å². The van der Waals surface area contributed by atoms with E-state index >= 15 is 0 Å². The zero-order valence-electron chi connectivity index (χ0n) is 19.8. The number of benzene rings is 1. The molecule has 1 amide bonds. The minimum Gasteiger partial charge on any atom is -0.376 e. The van der Waals surface area contributed by atoms with Gasteiger partial charge in [0, 0.05) is 51.9 Å². The zero-order chi connectivity index (χ0) is 22.2. The molecule has 0 aliphatic carbocycles. The smallest absolute Gasteiger partial charge is 0.226 e. The molecular weight excluding hydrogens is 531 g/mol. The van der Waals surface area contributed by atoms with Crippen LogP contribution in [0, 0.1) is 0 Å². The minimum atomic E-state index is 0. The van der Waals surface area contributed by atoms with Crippen LogP contribution in [0.4, 0.5) is 5.69 Å². The highest BCUT2D eigenvalue weighted by atomic mass is 127. The second kappa shape index (κ2) is 13.5.